The lowest BCUT2D eigenvalue weighted by molar-refractivity contribution is -0.131. The molecule has 20 heavy (non-hydrogen) atoms. The lowest BCUT2D eigenvalue weighted by Gasteiger charge is -2.28. The van der Waals surface area contributed by atoms with Gasteiger partial charge in [0.1, 0.15) is 0 Å². The Hall–Kier alpha value is -1.00. The van der Waals surface area contributed by atoms with Crippen LogP contribution in [0.3, 0.4) is 0 Å². The van der Waals surface area contributed by atoms with Crippen LogP contribution in [0.2, 0.25) is 0 Å². The zero-order valence-electron chi connectivity index (χ0n) is 12.0. The first kappa shape index (κ1) is 15.4. The second-order valence-electron chi connectivity index (χ2n) is 5.41. The van der Waals surface area contributed by atoms with Crippen molar-refractivity contribution in [1.82, 2.24) is 4.90 Å². The van der Waals surface area contributed by atoms with Gasteiger partial charge in [-0.25, -0.2) is 0 Å². The van der Waals surface area contributed by atoms with Gasteiger partial charge in [-0.2, -0.15) is 12.6 Å². The van der Waals surface area contributed by atoms with Crippen molar-refractivity contribution in [3.05, 3.63) is 35.9 Å². The van der Waals surface area contributed by atoms with Crippen LogP contribution in [0, 0.1) is 0 Å². The van der Waals surface area contributed by atoms with Crippen LogP contribution in [-0.4, -0.2) is 42.4 Å². The lowest BCUT2D eigenvalue weighted by Crippen LogP contribution is -2.41. The Labute approximate surface area is 126 Å². The number of amides is 1. The Balaban J connectivity index is 1.82. The van der Waals surface area contributed by atoms with E-state index >= 15 is 0 Å². The zero-order valence-corrected chi connectivity index (χ0v) is 12.9. The highest BCUT2D eigenvalue weighted by Crippen LogP contribution is 2.15. The fourth-order valence-corrected chi connectivity index (χ4v) is 2.93. The van der Waals surface area contributed by atoms with E-state index in [1.807, 2.05) is 37.4 Å². The van der Waals surface area contributed by atoms with E-state index < -0.39 is 0 Å². The molecule has 1 aromatic carbocycles. The summed E-state index contributed by atoms with van der Waals surface area (Å²) in [6.07, 6.45) is 4.24. The first-order valence-electron chi connectivity index (χ1n) is 7.25. The van der Waals surface area contributed by atoms with Crippen molar-refractivity contribution in [3.63, 3.8) is 0 Å². The van der Waals surface area contributed by atoms with Gasteiger partial charge in [0.15, 0.2) is 0 Å². The van der Waals surface area contributed by atoms with Crippen LogP contribution >= 0.6 is 12.6 Å². The number of rotatable bonds is 5. The maximum Gasteiger partial charge on any atom is 0.235 e. The van der Waals surface area contributed by atoms with Crippen molar-refractivity contribution in [3.8, 4) is 0 Å². The fraction of sp³-hybridized carbons (Fsp3) is 0.562. The van der Waals surface area contributed by atoms with Crippen LogP contribution in [0.25, 0.3) is 0 Å². The maximum atomic E-state index is 12.3. The highest BCUT2D eigenvalue weighted by molar-refractivity contribution is 7.81. The maximum absolute atomic E-state index is 12.3. The van der Waals surface area contributed by atoms with Gasteiger partial charge >= 0.3 is 0 Å². The molecule has 1 amide bonds. The molecule has 0 saturated carbocycles. The molecule has 2 unspecified atom stereocenters. The minimum Gasteiger partial charge on any atom is -0.376 e. The topological polar surface area (TPSA) is 29.5 Å². The predicted molar refractivity (Wildman–Crippen MR) is 84.1 cm³/mol. The summed E-state index contributed by atoms with van der Waals surface area (Å²) in [7, 11) is 1.84. The molecule has 0 aliphatic carbocycles. The molecule has 0 radical (unpaired) electrons. The molecule has 1 fully saturated rings. The minimum atomic E-state index is -0.286. The molecule has 1 saturated heterocycles. The molecule has 1 heterocycles. The lowest BCUT2D eigenvalue weighted by atomic mass is 10.1. The third-order valence-corrected chi connectivity index (χ3v) is 4.09. The van der Waals surface area contributed by atoms with Crippen LogP contribution < -0.4 is 0 Å². The molecule has 0 N–H and O–H groups in total. The number of benzene rings is 1. The van der Waals surface area contributed by atoms with Crippen LogP contribution in [0.5, 0.6) is 0 Å². The number of ether oxygens (including phenoxy) is 1. The van der Waals surface area contributed by atoms with E-state index in [0.29, 0.717) is 13.0 Å². The quantitative estimate of drug-likeness (QED) is 0.846. The molecule has 4 heteroatoms. The molecular formula is C16H23NO2S. The Morgan fingerprint density at radius 2 is 2.15 bits per heavy atom. The van der Waals surface area contributed by atoms with Crippen molar-refractivity contribution in [2.24, 2.45) is 0 Å². The monoisotopic (exact) mass is 293 g/mol. The molecule has 2 atom stereocenters. The first-order valence-corrected chi connectivity index (χ1v) is 7.77. The van der Waals surface area contributed by atoms with Crippen LogP contribution in [0.15, 0.2) is 30.3 Å². The van der Waals surface area contributed by atoms with E-state index in [0.717, 1.165) is 25.0 Å². The Morgan fingerprint density at radius 3 is 2.80 bits per heavy atom. The molecule has 1 aliphatic heterocycles. The molecule has 1 aromatic rings. The fourth-order valence-electron chi connectivity index (χ4n) is 2.53. The molecule has 1 aliphatic rings. The molecular weight excluding hydrogens is 270 g/mol. The molecule has 3 nitrogen and oxygen atoms in total. The third-order valence-electron chi connectivity index (χ3n) is 3.68. The smallest absolute Gasteiger partial charge is 0.235 e. The predicted octanol–water partition coefficient (Wildman–Crippen LogP) is 2.56. The van der Waals surface area contributed by atoms with E-state index in [2.05, 4.69) is 12.6 Å². The van der Waals surface area contributed by atoms with Gasteiger partial charge in [0, 0.05) is 20.2 Å². The minimum absolute atomic E-state index is 0.0753. The van der Waals surface area contributed by atoms with Crippen molar-refractivity contribution < 1.29 is 9.53 Å². The average molecular weight is 293 g/mol. The standard InChI is InChI=1S/C16H23NO2S/c1-17(12-14-9-5-6-10-19-14)16(18)15(20)11-13-7-3-2-4-8-13/h2-4,7-8,14-15,20H,5-6,9-12H2,1H3. The van der Waals surface area contributed by atoms with Crippen LogP contribution in [-0.2, 0) is 16.0 Å². The summed E-state index contributed by atoms with van der Waals surface area (Å²) in [5, 5.41) is -0.286. The van der Waals surface area contributed by atoms with E-state index in [-0.39, 0.29) is 17.3 Å². The average Bonchev–Trinajstić information content (AvgIpc) is 2.48. The largest absolute Gasteiger partial charge is 0.376 e. The SMILES string of the molecule is CN(CC1CCCCO1)C(=O)C(S)Cc1ccccc1. The summed E-state index contributed by atoms with van der Waals surface area (Å²) in [6, 6.07) is 10.0. The Bertz CT molecular complexity index is 418. The number of carbonyl (C=O) groups excluding carboxylic acids is 1. The van der Waals surface area contributed by atoms with Crippen molar-refractivity contribution in [2.75, 3.05) is 20.2 Å². The van der Waals surface area contributed by atoms with Gasteiger partial charge in [-0.15, -0.1) is 0 Å². The summed E-state index contributed by atoms with van der Waals surface area (Å²) in [4.78, 5) is 14.1. The summed E-state index contributed by atoms with van der Waals surface area (Å²) < 4.78 is 5.68. The van der Waals surface area contributed by atoms with Gasteiger partial charge in [0.25, 0.3) is 0 Å². The molecule has 2 rings (SSSR count). The number of nitrogens with zero attached hydrogens (tertiary/aromatic N) is 1. The molecule has 110 valence electrons. The van der Waals surface area contributed by atoms with Crippen LogP contribution in [0.1, 0.15) is 24.8 Å². The van der Waals surface area contributed by atoms with Gasteiger partial charge in [-0.05, 0) is 31.2 Å². The van der Waals surface area contributed by atoms with E-state index in [9.17, 15) is 4.79 Å². The first-order chi connectivity index (χ1) is 9.66. The highest BCUT2D eigenvalue weighted by Gasteiger charge is 2.23. The Kier molecular flexibility index (Phi) is 5.92. The number of likely N-dealkylation sites (N-methyl/N-ethyl adjacent to an activating group) is 1. The molecule has 0 spiro atoms. The normalized spacial score (nSPS) is 20.4. The van der Waals surface area contributed by atoms with Gasteiger partial charge in [0.05, 0.1) is 11.4 Å². The number of thiol groups is 1. The van der Waals surface area contributed by atoms with E-state index in [4.69, 9.17) is 4.74 Å². The highest BCUT2D eigenvalue weighted by atomic mass is 32.1. The second kappa shape index (κ2) is 7.70. The third kappa shape index (κ3) is 4.53. The van der Waals surface area contributed by atoms with Crippen molar-refractivity contribution in [1.29, 1.82) is 0 Å². The van der Waals surface area contributed by atoms with E-state index in [1.54, 1.807) is 4.90 Å². The number of carbonyl (C=O) groups is 1. The van der Waals surface area contributed by atoms with Gasteiger partial charge < -0.3 is 9.64 Å². The summed E-state index contributed by atoms with van der Waals surface area (Å²) in [6.45, 7) is 1.49. The number of hydrogen-bond donors (Lipinski definition) is 1. The summed E-state index contributed by atoms with van der Waals surface area (Å²) >= 11 is 4.46. The Morgan fingerprint density at radius 1 is 1.40 bits per heavy atom. The van der Waals surface area contributed by atoms with Gasteiger partial charge in [-0.1, -0.05) is 30.3 Å². The van der Waals surface area contributed by atoms with Crippen molar-refractivity contribution >= 4 is 18.5 Å². The zero-order chi connectivity index (χ0) is 14.4. The molecule has 0 aromatic heterocycles. The van der Waals surface area contributed by atoms with Gasteiger partial charge in [0.2, 0.25) is 5.91 Å². The second-order valence-corrected chi connectivity index (χ2v) is 6.04. The van der Waals surface area contributed by atoms with E-state index in [1.165, 1.54) is 6.42 Å². The molecule has 0 bridgehead atoms. The summed E-state index contributed by atoms with van der Waals surface area (Å²) in [5.74, 6) is 0.0753. The summed E-state index contributed by atoms with van der Waals surface area (Å²) in [5.41, 5.74) is 1.14. The van der Waals surface area contributed by atoms with Gasteiger partial charge in [-0.3, -0.25) is 4.79 Å². The van der Waals surface area contributed by atoms with Crippen molar-refractivity contribution in [2.45, 2.75) is 37.0 Å². The number of hydrogen-bond acceptors (Lipinski definition) is 3. The van der Waals surface area contributed by atoms with Crippen LogP contribution in [0.4, 0.5) is 0 Å².